The van der Waals surface area contributed by atoms with Crippen molar-refractivity contribution in [3.05, 3.63) is 36.4 Å². The van der Waals surface area contributed by atoms with Gasteiger partial charge in [-0.1, -0.05) is 6.07 Å². The lowest BCUT2D eigenvalue weighted by Crippen LogP contribution is -2.41. The standard InChI is InChI=1S/C18H24N6O/c1-2-22-8-5-14-3-4-15(11-17(14)22)21-18(25)23-9-6-16(7-10-23)24-13-19-12-20-24/h3-4,11-13,16H,2,5-10H2,1H3,(H,21,25). The molecule has 132 valence electrons. The van der Waals surface area contributed by atoms with E-state index >= 15 is 0 Å². The molecule has 25 heavy (non-hydrogen) atoms. The summed E-state index contributed by atoms with van der Waals surface area (Å²) in [7, 11) is 0. The van der Waals surface area contributed by atoms with Crippen LogP contribution in [-0.4, -0.2) is 51.9 Å². The SMILES string of the molecule is CCN1CCc2ccc(NC(=O)N3CCC(n4cncn4)CC3)cc21. The first kappa shape index (κ1) is 15.9. The van der Waals surface area contributed by atoms with Crippen LogP contribution in [0.25, 0.3) is 0 Å². The van der Waals surface area contributed by atoms with Crippen molar-refractivity contribution in [2.75, 3.05) is 36.4 Å². The number of nitrogens with one attached hydrogen (secondary N) is 1. The Labute approximate surface area is 147 Å². The average molecular weight is 340 g/mol. The van der Waals surface area contributed by atoms with Crippen LogP contribution in [0.4, 0.5) is 16.2 Å². The number of amides is 2. The molecule has 7 heteroatoms. The van der Waals surface area contributed by atoms with Crippen molar-refractivity contribution in [1.29, 1.82) is 0 Å². The number of urea groups is 1. The van der Waals surface area contributed by atoms with E-state index in [4.69, 9.17) is 0 Å². The first-order valence-corrected chi connectivity index (χ1v) is 9.02. The molecule has 0 aliphatic carbocycles. The number of likely N-dealkylation sites (tertiary alicyclic amines) is 1. The number of likely N-dealkylation sites (N-methyl/N-ethyl adjacent to an activating group) is 1. The highest BCUT2D eigenvalue weighted by Gasteiger charge is 2.25. The maximum atomic E-state index is 12.6. The summed E-state index contributed by atoms with van der Waals surface area (Å²) in [6, 6.07) is 6.57. The number of nitrogens with zero attached hydrogens (tertiary/aromatic N) is 5. The van der Waals surface area contributed by atoms with Crippen LogP contribution in [0.5, 0.6) is 0 Å². The van der Waals surface area contributed by atoms with Crippen LogP contribution in [0.15, 0.2) is 30.9 Å². The molecule has 7 nitrogen and oxygen atoms in total. The molecular formula is C18H24N6O. The summed E-state index contributed by atoms with van der Waals surface area (Å²) in [4.78, 5) is 20.8. The fourth-order valence-electron chi connectivity index (χ4n) is 3.79. The lowest BCUT2D eigenvalue weighted by atomic mass is 10.1. The van der Waals surface area contributed by atoms with Gasteiger partial charge in [0.05, 0.1) is 6.04 Å². The fraction of sp³-hybridized carbons (Fsp3) is 0.500. The van der Waals surface area contributed by atoms with Crippen LogP contribution in [0, 0.1) is 0 Å². The molecule has 1 saturated heterocycles. The van der Waals surface area contributed by atoms with Gasteiger partial charge in [-0.2, -0.15) is 5.10 Å². The summed E-state index contributed by atoms with van der Waals surface area (Å²) in [6.07, 6.45) is 6.22. The van der Waals surface area contributed by atoms with Gasteiger partial charge < -0.3 is 15.1 Å². The smallest absolute Gasteiger partial charge is 0.321 e. The maximum absolute atomic E-state index is 12.6. The first-order chi connectivity index (χ1) is 12.2. The Morgan fingerprint density at radius 2 is 2.12 bits per heavy atom. The van der Waals surface area contributed by atoms with Crippen LogP contribution in [0.2, 0.25) is 0 Å². The summed E-state index contributed by atoms with van der Waals surface area (Å²) in [5, 5.41) is 7.27. The zero-order valence-electron chi connectivity index (χ0n) is 14.6. The van der Waals surface area contributed by atoms with Crippen molar-refractivity contribution in [3.63, 3.8) is 0 Å². The lowest BCUT2D eigenvalue weighted by Gasteiger charge is -2.32. The molecule has 2 aliphatic heterocycles. The molecular weight excluding hydrogens is 316 g/mol. The quantitative estimate of drug-likeness (QED) is 0.932. The summed E-state index contributed by atoms with van der Waals surface area (Å²) < 4.78 is 1.90. The minimum absolute atomic E-state index is 0.0157. The van der Waals surface area contributed by atoms with E-state index in [-0.39, 0.29) is 6.03 Å². The molecule has 2 amide bonds. The minimum Gasteiger partial charge on any atom is -0.371 e. The molecule has 4 rings (SSSR count). The van der Waals surface area contributed by atoms with Crippen molar-refractivity contribution >= 4 is 17.4 Å². The third-order valence-corrected chi connectivity index (χ3v) is 5.27. The molecule has 3 heterocycles. The molecule has 2 aliphatic rings. The number of hydrogen-bond donors (Lipinski definition) is 1. The number of fused-ring (bicyclic) bond motifs is 1. The summed E-state index contributed by atoms with van der Waals surface area (Å²) in [6.45, 7) is 5.71. The van der Waals surface area contributed by atoms with E-state index in [2.05, 4.69) is 39.4 Å². The molecule has 0 spiro atoms. The number of carbonyl (C=O) groups excluding carboxylic acids is 1. The van der Waals surface area contributed by atoms with E-state index in [1.807, 2.05) is 15.6 Å². The second kappa shape index (κ2) is 6.74. The van der Waals surface area contributed by atoms with Gasteiger partial charge in [0.1, 0.15) is 12.7 Å². The number of rotatable bonds is 3. The normalized spacial score (nSPS) is 17.6. The molecule has 1 N–H and O–H groups in total. The zero-order chi connectivity index (χ0) is 17.2. The van der Waals surface area contributed by atoms with Crippen LogP contribution in [0.1, 0.15) is 31.4 Å². The van der Waals surface area contributed by atoms with Gasteiger partial charge in [-0.05, 0) is 43.9 Å². The lowest BCUT2D eigenvalue weighted by molar-refractivity contribution is 0.180. The topological polar surface area (TPSA) is 66.3 Å². The van der Waals surface area contributed by atoms with E-state index in [1.165, 1.54) is 11.3 Å². The second-order valence-electron chi connectivity index (χ2n) is 6.70. The summed E-state index contributed by atoms with van der Waals surface area (Å²) >= 11 is 0. The molecule has 1 aromatic carbocycles. The second-order valence-corrected chi connectivity index (χ2v) is 6.70. The number of anilines is 2. The van der Waals surface area contributed by atoms with Crippen LogP contribution in [0.3, 0.4) is 0 Å². The zero-order valence-corrected chi connectivity index (χ0v) is 14.6. The Bertz CT molecular complexity index is 736. The van der Waals surface area contributed by atoms with Crippen LogP contribution < -0.4 is 10.2 Å². The monoisotopic (exact) mass is 340 g/mol. The average Bonchev–Trinajstić information content (AvgIpc) is 3.31. The van der Waals surface area contributed by atoms with Crippen molar-refractivity contribution in [2.24, 2.45) is 0 Å². The highest BCUT2D eigenvalue weighted by Crippen LogP contribution is 2.31. The number of piperidine rings is 1. The number of aromatic nitrogens is 3. The largest absolute Gasteiger partial charge is 0.371 e. The molecule has 2 aromatic rings. The van der Waals surface area contributed by atoms with E-state index in [0.29, 0.717) is 6.04 Å². The Morgan fingerprint density at radius 3 is 2.84 bits per heavy atom. The predicted molar refractivity (Wildman–Crippen MR) is 96.9 cm³/mol. The highest BCUT2D eigenvalue weighted by molar-refractivity contribution is 5.90. The number of hydrogen-bond acceptors (Lipinski definition) is 4. The summed E-state index contributed by atoms with van der Waals surface area (Å²) in [5.74, 6) is 0. The fourth-order valence-corrected chi connectivity index (χ4v) is 3.79. The maximum Gasteiger partial charge on any atom is 0.321 e. The number of carbonyl (C=O) groups is 1. The van der Waals surface area contributed by atoms with Gasteiger partial charge in [0, 0.05) is 37.6 Å². The van der Waals surface area contributed by atoms with E-state index < -0.39 is 0 Å². The van der Waals surface area contributed by atoms with Gasteiger partial charge in [-0.3, -0.25) is 0 Å². The van der Waals surface area contributed by atoms with Gasteiger partial charge in [-0.15, -0.1) is 0 Å². The molecule has 0 unspecified atom stereocenters. The van der Waals surface area contributed by atoms with Gasteiger partial charge >= 0.3 is 6.03 Å². The Kier molecular flexibility index (Phi) is 4.29. The third kappa shape index (κ3) is 3.18. The van der Waals surface area contributed by atoms with Crippen molar-refractivity contribution < 1.29 is 4.79 Å². The third-order valence-electron chi connectivity index (χ3n) is 5.27. The van der Waals surface area contributed by atoms with E-state index in [0.717, 1.165) is 51.1 Å². The molecule has 1 aromatic heterocycles. The molecule has 0 atom stereocenters. The van der Waals surface area contributed by atoms with Crippen molar-refractivity contribution in [3.8, 4) is 0 Å². The van der Waals surface area contributed by atoms with Gasteiger partial charge in [0.15, 0.2) is 0 Å². The van der Waals surface area contributed by atoms with Crippen LogP contribution in [-0.2, 0) is 6.42 Å². The number of benzene rings is 1. The molecule has 0 bridgehead atoms. The minimum atomic E-state index is -0.0157. The Balaban J connectivity index is 1.37. The van der Waals surface area contributed by atoms with Crippen molar-refractivity contribution in [2.45, 2.75) is 32.2 Å². The summed E-state index contributed by atoms with van der Waals surface area (Å²) in [5.41, 5.74) is 3.50. The highest BCUT2D eigenvalue weighted by atomic mass is 16.2. The van der Waals surface area contributed by atoms with Crippen molar-refractivity contribution in [1.82, 2.24) is 19.7 Å². The molecule has 0 saturated carbocycles. The van der Waals surface area contributed by atoms with Gasteiger partial charge in [0.2, 0.25) is 0 Å². The van der Waals surface area contributed by atoms with Gasteiger partial charge in [-0.25, -0.2) is 14.5 Å². The van der Waals surface area contributed by atoms with E-state index in [9.17, 15) is 4.79 Å². The molecule has 0 radical (unpaired) electrons. The van der Waals surface area contributed by atoms with Crippen LogP contribution >= 0.6 is 0 Å². The van der Waals surface area contributed by atoms with Gasteiger partial charge in [0.25, 0.3) is 0 Å². The van der Waals surface area contributed by atoms with E-state index in [1.54, 1.807) is 12.7 Å². The first-order valence-electron chi connectivity index (χ1n) is 9.02. The Hall–Kier alpha value is -2.57. The Morgan fingerprint density at radius 1 is 1.28 bits per heavy atom. The predicted octanol–water partition coefficient (Wildman–Crippen LogP) is 2.53. The molecule has 1 fully saturated rings.